The van der Waals surface area contributed by atoms with Gasteiger partial charge in [-0.3, -0.25) is 4.98 Å². The summed E-state index contributed by atoms with van der Waals surface area (Å²) < 4.78 is 5.19. The third kappa shape index (κ3) is 2.89. The van der Waals surface area contributed by atoms with Gasteiger partial charge in [-0.05, 0) is 50.2 Å². The topological polar surface area (TPSA) is 58.8 Å². The van der Waals surface area contributed by atoms with E-state index in [1.165, 1.54) is 36.9 Å². The third-order valence-corrected chi connectivity index (χ3v) is 5.59. The SMILES string of the molecule is COc1ccc(-c2c(C#N)c(C3CCC3)nc3c2CCCCC3)cn1. The normalized spacial score (nSPS) is 17.1. The summed E-state index contributed by atoms with van der Waals surface area (Å²) in [6.07, 6.45) is 11.0. The van der Waals surface area contributed by atoms with Crippen molar-refractivity contribution in [3.63, 3.8) is 0 Å². The van der Waals surface area contributed by atoms with Crippen molar-refractivity contribution in [3.8, 4) is 23.1 Å². The zero-order valence-electron chi connectivity index (χ0n) is 14.7. The van der Waals surface area contributed by atoms with Crippen molar-refractivity contribution in [3.05, 3.63) is 40.8 Å². The van der Waals surface area contributed by atoms with E-state index >= 15 is 0 Å². The van der Waals surface area contributed by atoms with Crippen LogP contribution in [0.15, 0.2) is 18.3 Å². The second kappa shape index (κ2) is 6.84. The third-order valence-electron chi connectivity index (χ3n) is 5.59. The average molecular weight is 333 g/mol. The van der Waals surface area contributed by atoms with Gasteiger partial charge in [-0.1, -0.05) is 12.8 Å². The molecule has 0 saturated heterocycles. The first-order valence-corrected chi connectivity index (χ1v) is 9.28. The van der Waals surface area contributed by atoms with E-state index in [1.807, 2.05) is 18.3 Å². The number of nitriles is 1. The van der Waals surface area contributed by atoms with Crippen LogP contribution in [0.4, 0.5) is 0 Å². The zero-order valence-corrected chi connectivity index (χ0v) is 14.7. The van der Waals surface area contributed by atoms with Crippen LogP contribution in [0.3, 0.4) is 0 Å². The molecule has 0 unspecified atom stereocenters. The highest BCUT2D eigenvalue weighted by Crippen LogP contribution is 2.42. The molecule has 1 fully saturated rings. The predicted octanol–water partition coefficient (Wildman–Crippen LogP) is 4.56. The average Bonchev–Trinajstić information content (AvgIpc) is 2.84. The summed E-state index contributed by atoms with van der Waals surface area (Å²) in [5.74, 6) is 1.05. The first-order chi connectivity index (χ1) is 12.3. The van der Waals surface area contributed by atoms with Crippen LogP contribution >= 0.6 is 0 Å². The monoisotopic (exact) mass is 333 g/mol. The fourth-order valence-electron chi connectivity index (χ4n) is 4.00. The molecule has 0 atom stereocenters. The Balaban J connectivity index is 1.93. The number of hydrogen-bond acceptors (Lipinski definition) is 4. The van der Waals surface area contributed by atoms with E-state index in [4.69, 9.17) is 9.72 Å². The second-order valence-electron chi connectivity index (χ2n) is 7.06. The molecule has 0 N–H and O–H groups in total. The minimum atomic E-state index is 0.452. The van der Waals surface area contributed by atoms with Gasteiger partial charge in [0.25, 0.3) is 0 Å². The lowest BCUT2D eigenvalue weighted by atomic mass is 9.78. The minimum absolute atomic E-state index is 0.452. The molecule has 0 spiro atoms. The predicted molar refractivity (Wildman–Crippen MR) is 96.6 cm³/mol. The van der Waals surface area contributed by atoms with Crippen LogP contribution in [-0.2, 0) is 12.8 Å². The van der Waals surface area contributed by atoms with Crippen molar-refractivity contribution < 1.29 is 4.74 Å². The minimum Gasteiger partial charge on any atom is -0.481 e. The molecule has 0 bridgehead atoms. The lowest BCUT2D eigenvalue weighted by Crippen LogP contribution is -2.16. The van der Waals surface area contributed by atoms with Crippen LogP contribution < -0.4 is 4.74 Å². The van der Waals surface area contributed by atoms with Crippen molar-refractivity contribution in [2.75, 3.05) is 7.11 Å². The van der Waals surface area contributed by atoms with Gasteiger partial charge < -0.3 is 4.74 Å². The molecule has 4 heteroatoms. The number of rotatable bonds is 3. The first-order valence-electron chi connectivity index (χ1n) is 9.28. The molecular weight excluding hydrogens is 310 g/mol. The number of fused-ring (bicyclic) bond motifs is 1. The smallest absolute Gasteiger partial charge is 0.212 e. The quantitative estimate of drug-likeness (QED) is 0.773. The van der Waals surface area contributed by atoms with Crippen LogP contribution in [-0.4, -0.2) is 17.1 Å². The number of hydrogen-bond donors (Lipinski definition) is 0. The Hall–Kier alpha value is -2.41. The lowest BCUT2D eigenvalue weighted by Gasteiger charge is -2.28. The molecule has 2 aliphatic rings. The van der Waals surface area contributed by atoms with Gasteiger partial charge in [-0.15, -0.1) is 0 Å². The van der Waals surface area contributed by atoms with Gasteiger partial charge in [0.1, 0.15) is 6.07 Å². The standard InChI is InChI=1S/C21H23N3O/c1-25-19-11-10-15(13-23-19)20-16-8-3-2-4-9-18(16)24-21(17(20)12-22)14-6-5-7-14/h10-11,13-14H,2-9H2,1H3. The summed E-state index contributed by atoms with van der Waals surface area (Å²) >= 11 is 0. The van der Waals surface area contributed by atoms with Crippen molar-refractivity contribution in [2.45, 2.75) is 57.3 Å². The van der Waals surface area contributed by atoms with Gasteiger partial charge in [0.2, 0.25) is 5.88 Å². The molecule has 4 nitrogen and oxygen atoms in total. The Labute approximate surface area is 148 Å². The highest BCUT2D eigenvalue weighted by molar-refractivity contribution is 5.76. The molecule has 0 aliphatic heterocycles. The largest absolute Gasteiger partial charge is 0.481 e. The van der Waals surface area contributed by atoms with Gasteiger partial charge in [0, 0.05) is 35.0 Å². The number of aromatic nitrogens is 2. The molecule has 2 aliphatic carbocycles. The molecule has 2 aromatic heterocycles. The van der Waals surface area contributed by atoms with Gasteiger partial charge in [0.15, 0.2) is 0 Å². The van der Waals surface area contributed by atoms with E-state index in [-0.39, 0.29) is 0 Å². The molecule has 4 rings (SSSR count). The summed E-state index contributed by atoms with van der Waals surface area (Å²) in [5.41, 5.74) is 6.37. The highest BCUT2D eigenvalue weighted by atomic mass is 16.5. The fraction of sp³-hybridized carbons (Fsp3) is 0.476. The van der Waals surface area contributed by atoms with Gasteiger partial charge >= 0.3 is 0 Å². The number of pyridine rings is 2. The second-order valence-corrected chi connectivity index (χ2v) is 7.06. The van der Waals surface area contributed by atoms with Crippen LogP contribution in [0.1, 0.15) is 67.0 Å². The molecular formula is C21H23N3O. The molecule has 2 aromatic rings. The molecule has 0 aromatic carbocycles. The number of methoxy groups -OCH3 is 1. The molecule has 128 valence electrons. The van der Waals surface area contributed by atoms with E-state index in [1.54, 1.807) is 7.11 Å². The first kappa shape index (κ1) is 16.1. The number of ether oxygens (including phenoxy) is 1. The summed E-state index contributed by atoms with van der Waals surface area (Å²) in [5, 5.41) is 9.97. The van der Waals surface area contributed by atoms with E-state index in [9.17, 15) is 5.26 Å². The summed E-state index contributed by atoms with van der Waals surface area (Å²) in [4.78, 5) is 9.40. The van der Waals surface area contributed by atoms with Gasteiger partial charge in [-0.2, -0.15) is 5.26 Å². The van der Waals surface area contributed by atoms with Gasteiger partial charge in [0.05, 0.1) is 18.4 Å². The Morgan fingerprint density at radius 2 is 1.96 bits per heavy atom. The van der Waals surface area contributed by atoms with Crippen molar-refractivity contribution in [2.24, 2.45) is 0 Å². The van der Waals surface area contributed by atoms with E-state index < -0.39 is 0 Å². The van der Waals surface area contributed by atoms with E-state index in [0.717, 1.165) is 48.1 Å². The van der Waals surface area contributed by atoms with Crippen LogP contribution in [0.2, 0.25) is 0 Å². The number of aryl methyl sites for hydroxylation is 1. The maximum absolute atomic E-state index is 9.97. The Morgan fingerprint density at radius 3 is 2.60 bits per heavy atom. The van der Waals surface area contributed by atoms with Crippen molar-refractivity contribution in [1.82, 2.24) is 9.97 Å². The highest BCUT2D eigenvalue weighted by Gasteiger charge is 2.29. The maximum Gasteiger partial charge on any atom is 0.212 e. The van der Waals surface area contributed by atoms with Crippen LogP contribution in [0.5, 0.6) is 5.88 Å². The molecule has 2 heterocycles. The van der Waals surface area contributed by atoms with Crippen molar-refractivity contribution >= 4 is 0 Å². The van der Waals surface area contributed by atoms with E-state index in [0.29, 0.717) is 11.8 Å². The zero-order chi connectivity index (χ0) is 17.2. The summed E-state index contributed by atoms with van der Waals surface area (Å²) in [6, 6.07) is 6.39. The Bertz CT molecular complexity index is 817. The van der Waals surface area contributed by atoms with Gasteiger partial charge in [-0.25, -0.2) is 4.98 Å². The van der Waals surface area contributed by atoms with Crippen LogP contribution in [0.25, 0.3) is 11.1 Å². The number of nitrogens with zero attached hydrogens (tertiary/aromatic N) is 3. The van der Waals surface area contributed by atoms with Crippen molar-refractivity contribution in [1.29, 1.82) is 5.26 Å². The maximum atomic E-state index is 9.97. The summed E-state index contributed by atoms with van der Waals surface area (Å²) in [6.45, 7) is 0. The fourth-order valence-corrected chi connectivity index (χ4v) is 4.00. The van der Waals surface area contributed by atoms with E-state index in [2.05, 4.69) is 11.1 Å². The lowest BCUT2D eigenvalue weighted by molar-refractivity contribution is 0.398. The Morgan fingerprint density at radius 1 is 1.12 bits per heavy atom. The summed E-state index contributed by atoms with van der Waals surface area (Å²) in [7, 11) is 1.62. The molecule has 0 amide bonds. The molecule has 25 heavy (non-hydrogen) atoms. The molecule has 1 saturated carbocycles. The molecule has 0 radical (unpaired) electrons. The van der Waals surface area contributed by atoms with Crippen LogP contribution in [0, 0.1) is 11.3 Å². The Kier molecular flexibility index (Phi) is 4.40.